The van der Waals surface area contributed by atoms with Crippen molar-refractivity contribution in [2.24, 2.45) is 14.1 Å². The minimum atomic E-state index is -0.374. The molecule has 3 aromatic heterocycles. The fourth-order valence-electron chi connectivity index (χ4n) is 3.78. The maximum Gasteiger partial charge on any atom is 0.273 e. The number of anilines is 2. The Bertz CT molecular complexity index is 1410. The molecule has 12 heteroatoms. The Labute approximate surface area is 207 Å². The van der Waals surface area contributed by atoms with Gasteiger partial charge in [-0.25, -0.2) is 0 Å². The summed E-state index contributed by atoms with van der Waals surface area (Å²) in [5.74, 6) is -0.433. The molecule has 12 nitrogen and oxygen atoms in total. The average molecular weight is 492 g/mol. The summed E-state index contributed by atoms with van der Waals surface area (Å²) in [6.07, 6.45) is 2.49. The SMILES string of the molecule is CN(C)CCCNC(=O)c1ccc(NC(=O)c2cc(NC(=O)c3ccc4n[nH]nc4c3)cn2C)n1C. The lowest BCUT2D eigenvalue weighted by Gasteiger charge is -2.11. The van der Waals surface area contributed by atoms with E-state index in [-0.39, 0.29) is 17.7 Å². The summed E-state index contributed by atoms with van der Waals surface area (Å²) >= 11 is 0. The number of benzene rings is 1. The molecule has 3 amide bonds. The van der Waals surface area contributed by atoms with E-state index < -0.39 is 0 Å². The van der Waals surface area contributed by atoms with Crippen LogP contribution in [0.3, 0.4) is 0 Å². The van der Waals surface area contributed by atoms with Gasteiger partial charge in [0.25, 0.3) is 17.7 Å². The second-order valence-corrected chi connectivity index (χ2v) is 8.74. The summed E-state index contributed by atoms with van der Waals surface area (Å²) < 4.78 is 3.25. The van der Waals surface area contributed by atoms with E-state index in [4.69, 9.17) is 0 Å². The number of carbonyl (C=O) groups is 3. The first kappa shape index (κ1) is 24.7. The van der Waals surface area contributed by atoms with Crippen LogP contribution < -0.4 is 16.0 Å². The highest BCUT2D eigenvalue weighted by Crippen LogP contribution is 2.19. The van der Waals surface area contributed by atoms with Crippen molar-refractivity contribution < 1.29 is 14.4 Å². The van der Waals surface area contributed by atoms with E-state index in [1.54, 1.807) is 65.8 Å². The quantitative estimate of drug-likeness (QED) is 0.263. The topological polar surface area (TPSA) is 142 Å². The van der Waals surface area contributed by atoms with Crippen molar-refractivity contribution in [3.8, 4) is 0 Å². The Hall–Kier alpha value is -4.45. The Morgan fingerprint density at radius 3 is 2.47 bits per heavy atom. The van der Waals surface area contributed by atoms with Crippen LogP contribution in [0, 0.1) is 0 Å². The second kappa shape index (κ2) is 10.4. The fraction of sp³-hybridized carbons (Fsp3) is 0.292. The lowest BCUT2D eigenvalue weighted by atomic mass is 10.2. The van der Waals surface area contributed by atoms with Crippen LogP contribution in [0.25, 0.3) is 11.0 Å². The van der Waals surface area contributed by atoms with Crippen molar-refractivity contribution in [1.29, 1.82) is 0 Å². The van der Waals surface area contributed by atoms with Gasteiger partial charge in [-0.15, -0.1) is 0 Å². The Morgan fingerprint density at radius 2 is 1.69 bits per heavy atom. The van der Waals surface area contributed by atoms with Gasteiger partial charge in [0, 0.05) is 32.4 Å². The van der Waals surface area contributed by atoms with Crippen molar-refractivity contribution in [3.05, 3.63) is 59.5 Å². The van der Waals surface area contributed by atoms with Crippen LogP contribution in [-0.4, -0.2) is 74.4 Å². The molecule has 4 rings (SSSR count). The minimum Gasteiger partial charge on any atom is -0.351 e. The summed E-state index contributed by atoms with van der Waals surface area (Å²) in [7, 11) is 7.39. The fourth-order valence-corrected chi connectivity index (χ4v) is 3.78. The van der Waals surface area contributed by atoms with Crippen LogP contribution in [0.4, 0.5) is 11.5 Å². The number of rotatable bonds is 9. The first-order valence-electron chi connectivity index (χ1n) is 11.4. The number of nitrogens with one attached hydrogen (secondary N) is 4. The maximum atomic E-state index is 12.9. The van der Waals surface area contributed by atoms with Crippen LogP contribution in [-0.2, 0) is 14.1 Å². The molecule has 0 spiro atoms. The third-order valence-corrected chi connectivity index (χ3v) is 5.74. The Morgan fingerprint density at radius 1 is 0.917 bits per heavy atom. The maximum absolute atomic E-state index is 12.9. The molecule has 0 bridgehead atoms. The lowest BCUT2D eigenvalue weighted by Crippen LogP contribution is -2.28. The number of nitrogens with zero attached hydrogens (tertiary/aromatic N) is 5. The summed E-state index contributed by atoms with van der Waals surface area (Å²) in [5.41, 5.74) is 2.92. The highest BCUT2D eigenvalue weighted by Gasteiger charge is 2.18. The number of amides is 3. The number of carbonyl (C=O) groups excluding carboxylic acids is 3. The van der Waals surface area contributed by atoms with E-state index in [0.29, 0.717) is 46.0 Å². The van der Waals surface area contributed by atoms with Crippen molar-refractivity contribution in [2.45, 2.75) is 6.42 Å². The van der Waals surface area contributed by atoms with Crippen LogP contribution >= 0.6 is 0 Å². The van der Waals surface area contributed by atoms with E-state index in [1.165, 1.54) is 0 Å². The molecule has 0 saturated heterocycles. The van der Waals surface area contributed by atoms with E-state index in [1.807, 2.05) is 14.1 Å². The number of aromatic amines is 1. The number of aryl methyl sites for hydroxylation is 1. The van der Waals surface area contributed by atoms with E-state index in [0.717, 1.165) is 13.0 Å². The monoisotopic (exact) mass is 491 g/mol. The van der Waals surface area contributed by atoms with Gasteiger partial charge in [-0.2, -0.15) is 15.4 Å². The van der Waals surface area contributed by atoms with E-state index in [2.05, 4.69) is 36.3 Å². The van der Waals surface area contributed by atoms with E-state index >= 15 is 0 Å². The molecule has 0 aliphatic heterocycles. The molecule has 0 aliphatic carbocycles. The van der Waals surface area contributed by atoms with Gasteiger partial charge in [-0.1, -0.05) is 0 Å². The summed E-state index contributed by atoms with van der Waals surface area (Å²) in [6.45, 7) is 1.44. The molecule has 0 aliphatic rings. The first-order valence-corrected chi connectivity index (χ1v) is 11.4. The van der Waals surface area contributed by atoms with Crippen molar-refractivity contribution in [1.82, 2.24) is 34.8 Å². The van der Waals surface area contributed by atoms with E-state index in [9.17, 15) is 14.4 Å². The van der Waals surface area contributed by atoms with Gasteiger partial charge < -0.3 is 30.0 Å². The number of hydrogen-bond acceptors (Lipinski definition) is 6. The minimum absolute atomic E-state index is 0.204. The summed E-state index contributed by atoms with van der Waals surface area (Å²) in [4.78, 5) is 40.2. The molecule has 0 unspecified atom stereocenters. The molecule has 0 fully saturated rings. The largest absolute Gasteiger partial charge is 0.351 e. The number of aromatic nitrogens is 5. The van der Waals surface area contributed by atoms with Crippen LogP contribution in [0.5, 0.6) is 0 Å². The summed E-state index contributed by atoms with van der Waals surface area (Å²) in [6, 6.07) is 9.93. The standard InChI is InChI=1S/C24H29N9O3/c1-31(2)11-5-10-25-23(35)19-8-9-21(33(19)4)27-24(36)20-13-16(14-32(20)3)26-22(34)15-6-7-17-18(12-15)29-30-28-17/h6-9,12-14H,5,10-11H2,1-4H3,(H,25,35)(H,26,34)(H,27,36)(H,28,29,30). The molecule has 0 saturated carbocycles. The van der Waals surface area contributed by atoms with Gasteiger partial charge in [0.2, 0.25) is 0 Å². The highest BCUT2D eigenvalue weighted by molar-refractivity contribution is 6.08. The van der Waals surface area contributed by atoms with Gasteiger partial charge >= 0.3 is 0 Å². The van der Waals surface area contributed by atoms with Crippen LogP contribution in [0.1, 0.15) is 37.8 Å². The van der Waals surface area contributed by atoms with Gasteiger partial charge in [0.15, 0.2) is 0 Å². The Balaban J connectivity index is 1.39. The molecule has 0 atom stereocenters. The van der Waals surface area contributed by atoms with Crippen molar-refractivity contribution in [2.75, 3.05) is 37.8 Å². The lowest BCUT2D eigenvalue weighted by molar-refractivity contribution is 0.0942. The van der Waals surface area contributed by atoms with Crippen molar-refractivity contribution in [3.63, 3.8) is 0 Å². The predicted molar refractivity (Wildman–Crippen MR) is 136 cm³/mol. The van der Waals surface area contributed by atoms with Crippen LogP contribution in [0.15, 0.2) is 42.6 Å². The predicted octanol–water partition coefficient (Wildman–Crippen LogP) is 1.82. The molecule has 4 N–H and O–H groups in total. The zero-order valence-electron chi connectivity index (χ0n) is 20.6. The normalized spacial score (nSPS) is 11.1. The van der Waals surface area contributed by atoms with Gasteiger partial charge in [0.1, 0.15) is 28.2 Å². The third kappa shape index (κ3) is 5.44. The highest BCUT2D eigenvalue weighted by atomic mass is 16.2. The van der Waals surface area contributed by atoms with Crippen LogP contribution in [0.2, 0.25) is 0 Å². The number of fused-ring (bicyclic) bond motifs is 1. The number of hydrogen-bond donors (Lipinski definition) is 4. The smallest absolute Gasteiger partial charge is 0.273 e. The molecule has 4 aromatic rings. The zero-order valence-corrected chi connectivity index (χ0v) is 20.6. The summed E-state index contributed by atoms with van der Waals surface area (Å²) in [5, 5.41) is 19.0. The molecule has 188 valence electrons. The molecular formula is C24H29N9O3. The molecule has 1 aromatic carbocycles. The third-order valence-electron chi connectivity index (χ3n) is 5.74. The molecular weight excluding hydrogens is 462 g/mol. The van der Waals surface area contributed by atoms with Gasteiger partial charge in [-0.3, -0.25) is 14.4 Å². The molecule has 0 radical (unpaired) electrons. The van der Waals surface area contributed by atoms with Gasteiger partial charge in [0.05, 0.1) is 5.69 Å². The van der Waals surface area contributed by atoms with Crippen molar-refractivity contribution >= 4 is 40.3 Å². The Kier molecular flexibility index (Phi) is 7.15. The number of H-pyrrole nitrogens is 1. The zero-order chi connectivity index (χ0) is 25.8. The average Bonchev–Trinajstić information content (AvgIpc) is 3.55. The second-order valence-electron chi connectivity index (χ2n) is 8.74. The molecule has 36 heavy (non-hydrogen) atoms. The molecule has 3 heterocycles. The first-order chi connectivity index (χ1) is 17.2. The van der Waals surface area contributed by atoms with Gasteiger partial charge in [-0.05, 0) is 63.5 Å².